The molecule has 1 unspecified atom stereocenters. The van der Waals surface area contributed by atoms with Crippen LogP contribution < -0.4 is 10.1 Å². The summed E-state index contributed by atoms with van der Waals surface area (Å²) in [6.45, 7) is 4.06. The number of rotatable bonds is 8. The van der Waals surface area contributed by atoms with Crippen molar-refractivity contribution in [3.8, 4) is 5.75 Å². The Balaban J connectivity index is 2.54. The molecule has 1 rings (SSSR count). The highest BCUT2D eigenvalue weighted by atomic mass is 19.4. The molecule has 1 atom stereocenters. The van der Waals surface area contributed by atoms with Crippen molar-refractivity contribution in [3.63, 3.8) is 0 Å². The lowest BCUT2D eigenvalue weighted by Gasteiger charge is -2.17. The number of hydrogen-bond acceptors (Lipinski definition) is 3. The van der Waals surface area contributed by atoms with Crippen LogP contribution in [0.5, 0.6) is 5.75 Å². The van der Waals surface area contributed by atoms with Crippen LogP contribution >= 0.6 is 0 Å². The molecule has 0 heterocycles. The Hall–Kier alpha value is -1.43. The number of aliphatic hydroxyl groups excluding tert-OH is 1. The minimum atomic E-state index is -4.09. The molecule has 0 amide bonds. The van der Waals surface area contributed by atoms with Crippen molar-refractivity contribution in [1.82, 2.24) is 0 Å². The van der Waals surface area contributed by atoms with Gasteiger partial charge in [0.05, 0.1) is 13.2 Å². The molecule has 120 valence electrons. The van der Waals surface area contributed by atoms with Gasteiger partial charge in [0.2, 0.25) is 0 Å². The Morgan fingerprint density at radius 1 is 1.33 bits per heavy atom. The van der Waals surface area contributed by atoms with Crippen LogP contribution in [0, 0.1) is 0 Å². The maximum absolute atomic E-state index is 12.1. The Morgan fingerprint density at radius 2 is 2.05 bits per heavy atom. The fourth-order valence-corrected chi connectivity index (χ4v) is 2.05. The van der Waals surface area contributed by atoms with Gasteiger partial charge in [0.15, 0.2) is 0 Å². The normalized spacial score (nSPS) is 13.0. The zero-order valence-electron chi connectivity index (χ0n) is 12.3. The summed E-state index contributed by atoms with van der Waals surface area (Å²) in [5.74, 6) is 0.621. The molecule has 0 aliphatic rings. The predicted molar refractivity (Wildman–Crippen MR) is 76.5 cm³/mol. The SMILES string of the molecule is CCOc1ccc(NC(C)CCCC(F)(F)F)cc1CO. The van der Waals surface area contributed by atoms with E-state index in [1.54, 1.807) is 18.2 Å². The predicted octanol–water partition coefficient (Wildman–Crippen LogP) is 4.11. The lowest BCUT2D eigenvalue weighted by molar-refractivity contribution is -0.135. The maximum atomic E-state index is 12.1. The number of anilines is 1. The van der Waals surface area contributed by atoms with Gasteiger partial charge < -0.3 is 15.2 Å². The van der Waals surface area contributed by atoms with Gasteiger partial charge in [-0.2, -0.15) is 13.2 Å². The van der Waals surface area contributed by atoms with Gasteiger partial charge in [0, 0.05) is 23.7 Å². The largest absolute Gasteiger partial charge is 0.494 e. The molecule has 0 aliphatic carbocycles. The van der Waals surface area contributed by atoms with Crippen LogP contribution in [0.3, 0.4) is 0 Å². The summed E-state index contributed by atoms with van der Waals surface area (Å²) in [5.41, 5.74) is 1.42. The van der Waals surface area contributed by atoms with Gasteiger partial charge in [-0.05, 0) is 44.9 Å². The highest BCUT2D eigenvalue weighted by Gasteiger charge is 2.26. The Labute approximate surface area is 123 Å². The van der Waals surface area contributed by atoms with E-state index in [2.05, 4.69) is 5.32 Å². The lowest BCUT2D eigenvalue weighted by atomic mass is 10.1. The molecule has 3 nitrogen and oxygen atoms in total. The number of nitrogens with one attached hydrogen (secondary N) is 1. The molecule has 0 saturated carbocycles. The van der Waals surface area contributed by atoms with E-state index >= 15 is 0 Å². The molecule has 0 fully saturated rings. The van der Waals surface area contributed by atoms with Gasteiger partial charge in [0.25, 0.3) is 0 Å². The van der Waals surface area contributed by atoms with E-state index in [-0.39, 0.29) is 19.1 Å². The second kappa shape index (κ2) is 8.12. The molecule has 1 aromatic rings. The van der Waals surface area contributed by atoms with Crippen molar-refractivity contribution < 1.29 is 23.0 Å². The van der Waals surface area contributed by atoms with Gasteiger partial charge in [-0.15, -0.1) is 0 Å². The van der Waals surface area contributed by atoms with Crippen LogP contribution in [0.4, 0.5) is 18.9 Å². The third-order valence-electron chi connectivity index (χ3n) is 3.04. The summed E-state index contributed by atoms with van der Waals surface area (Å²) in [5, 5.41) is 12.4. The third-order valence-corrected chi connectivity index (χ3v) is 3.04. The van der Waals surface area contributed by atoms with E-state index in [0.29, 0.717) is 24.3 Å². The van der Waals surface area contributed by atoms with Crippen molar-refractivity contribution >= 4 is 5.69 Å². The smallest absolute Gasteiger partial charge is 0.389 e. The highest BCUT2D eigenvalue weighted by Crippen LogP contribution is 2.25. The summed E-state index contributed by atoms with van der Waals surface area (Å²) in [4.78, 5) is 0. The first-order chi connectivity index (χ1) is 9.85. The van der Waals surface area contributed by atoms with Gasteiger partial charge in [-0.3, -0.25) is 0 Å². The summed E-state index contributed by atoms with van der Waals surface area (Å²) < 4.78 is 41.6. The van der Waals surface area contributed by atoms with Gasteiger partial charge in [0.1, 0.15) is 5.75 Å². The average molecular weight is 305 g/mol. The third kappa shape index (κ3) is 6.71. The number of hydrogen-bond donors (Lipinski definition) is 2. The number of benzene rings is 1. The van der Waals surface area contributed by atoms with Crippen LogP contribution in [-0.2, 0) is 6.61 Å². The van der Waals surface area contributed by atoms with Gasteiger partial charge in [-0.25, -0.2) is 0 Å². The van der Waals surface area contributed by atoms with Crippen molar-refractivity contribution in [2.75, 3.05) is 11.9 Å². The first-order valence-electron chi connectivity index (χ1n) is 7.05. The summed E-state index contributed by atoms with van der Waals surface area (Å²) in [6.07, 6.45) is -4.32. The van der Waals surface area contributed by atoms with E-state index < -0.39 is 12.6 Å². The van der Waals surface area contributed by atoms with E-state index in [4.69, 9.17) is 4.74 Å². The number of ether oxygens (including phenoxy) is 1. The molecule has 0 bridgehead atoms. The first kappa shape index (κ1) is 17.6. The molecule has 2 N–H and O–H groups in total. The first-order valence-corrected chi connectivity index (χ1v) is 7.05. The van der Waals surface area contributed by atoms with Crippen LogP contribution in [0.1, 0.15) is 38.7 Å². The Kier molecular flexibility index (Phi) is 6.81. The number of alkyl halides is 3. The van der Waals surface area contributed by atoms with E-state index in [1.165, 1.54) is 0 Å². The average Bonchev–Trinajstić information content (AvgIpc) is 2.39. The molecule has 6 heteroatoms. The van der Waals surface area contributed by atoms with E-state index in [9.17, 15) is 18.3 Å². The molecular formula is C15H22F3NO2. The molecule has 1 aromatic carbocycles. The van der Waals surface area contributed by atoms with Crippen molar-refractivity contribution in [2.24, 2.45) is 0 Å². The lowest BCUT2D eigenvalue weighted by Crippen LogP contribution is -2.17. The summed E-state index contributed by atoms with van der Waals surface area (Å²) in [6, 6.07) is 5.23. The molecule has 21 heavy (non-hydrogen) atoms. The molecular weight excluding hydrogens is 283 g/mol. The standard InChI is InChI=1S/C15H22F3NO2/c1-3-21-14-7-6-13(9-12(14)10-20)19-11(2)5-4-8-15(16,17)18/h6-7,9,11,19-20H,3-5,8,10H2,1-2H3. The fraction of sp³-hybridized carbons (Fsp3) is 0.600. The van der Waals surface area contributed by atoms with Gasteiger partial charge in [-0.1, -0.05) is 0 Å². The monoisotopic (exact) mass is 305 g/mol. The zero-order valence-corrected chi connectivity index (χ0v) is 12.3. The second-order valence-electron chi connectivity index (χ2n) is 4.97. The molecule has 0 spiro atoms. The minimum absolute atomic E-state index is 0.0724. The van der Waals surface area contributed by atoms with Crippen LogP contribution in [0.25, 0.3) is 0 Å². The Bertz CT molecular complexity index is 435. The second-order valence-corrected chi connectivity index (χ2v) is 4.97. The van der Waals surface area contributed by atoms with E-state index in [1.807, 2.05) is 13.8 Å². The van der Waals surface area contributed by atoms with Gasteiger partial charge >= 0.3 is 6.18 Å². The fourth-order valence-electron chi connectivity index (χ4n) is 2.05. The quantitative estimate of drug-likeness (QED) is 0.759. The maximum Gasteiger partial charge on any atom is 0.389 e. The molecule has 0 saturated heterocycles. The zero-order chi connectivity index (χ0) is 15.9. The van der Waals surface area contributed by atoms with Crippen LogP contribution in [-0.4, -0.2) is 23.9 Å². The Morgan fingerprint density at radius 3 is 2.62 bits per heavy atom. The van der Waals surface area contributed by atoms with Crippen molar-refractivity contribution in [3.05, 3.63) is 23.8 Å². The van der Waals surface area contributed by atoms with Crippen LogP contribution in [0.15, 0.2) is 18.2 Å². The molecule has 0 aromatic heterocycles. The number of aliphatic hydroxyl groups is 1. The highest BCUT2D eigenvalue weighted by molar-refractivity contribution is 5.51. The minimum Gasteiger partial charge on any atom is -0.494 e. The summed E-state index contributed by atoms with van der Waals surface area (Å²) in [7, 11) is 0. The number of halogens is 3. The molecule has 0 aliphatic heterocycles. The van der Waals surface area contributed by atoms with Crippen LogP contribution in [0.2, 0.25) is 0 Å². The van der Waals surface area contributed by atoms with E-state index in [0.717, 1.165) is 5.69 Å². The van der Waals surface area contributed by atoms with Crippen molar-refractivity contribution in [1.29, 1.82) is 0 Å². The molecule has 0 radical (unpaired) electrons. The van der Waals surface area contributed by atoms with Crippen molar-refractivity contribution in [2.45, 2.75) is 51.9 Å². The summed E-state index contributed by atoms with van der Waals surface area (Å²) >= 11 is 0. The topological polar surface area (TPSA) is 41.5 Å².